The second-order valence-corrected chi connectivity index (χ2v) is 7.05. The molecule has 0 saturated carbocycles. The summed E-state index contributed by atoms with van der Waals surface area (Å²) in [6, 6.07) is 15.4. The molecule has 0 fully saturated rings. The fraction of sp³-hybridized carbons (Fsp3) is 0.273. The molecule has 1 aromatic heterocycles. The van der Waals surface area contributed by atoms with Gasteiger partial charge < -0.3 is 18.9 Å². The summed E-state index contributed by atoms with van der Waals surface area (Å²) >= 11 is 0. The predicted octanol–water partition coefficient (Wildman–Crippen LogP) is 4.13. The Bertz CT molecular complexity index is 1010. The largest absolute Gasteiger partial charge is 0.454 e. The van der Waals surface area contributed by atoms with Crippen LogP contribution in [0.4, 0.5) is 5.69 Å². The summed E-state index contributed by atoms with van der Waals surface area (Å²) < 4.78 is 16.3. The lowest BCUT2D eigenvalue weighted by Gasteiger charge is -2.23. The summed E-state index contributed by atoms with van der Waals surface area (Å²) in [4.78, 5) is 15.2. The van der Waals surface area contributed by atoms with Crippen LogP contribution in [0.5, 0.6) is 11.5 Å². The van der Waals surface area contributed by atoms with E-state index in [0.717, 1.165) is 54.0 Å². The quantitative estimate of drug-likeness (QED) is 0.685. The van der Waals surface area contributed by atoms with Gasteiger partial charge >= 0.3 is 0 Å². The minimum atomic E-state index is -0.143. The van der Waals surface area contributed by atoms with Gasteiger partial charge in [-0.1, -0.05) is 29.4 Å². The summed E-state index contributed by atoms with van der Waals surface area (Å²) in [7, 11) is 0. The van der Waals surface area contributed by atoms with E-state index >= 15 is 0 Å². The molecule has 1 amide bonds. The number of aryl methyl sites for hydroxylation is 1. The molecule has 0 N–H and O–H groups in total. The monoisotopic (exact) mass is 376 g/mol. The van der Waals surface area contributed by atoms with E-state index < -0.39 is 0 Å². The Morgan fingerprint density at radius 3 is 2.71 bits per heavy atom. The van der Waals surface area contributed by atoms with E-state index in [1.54, 1.807) is 4.90 Å². The first-order valence-electron chi connectivity index (χ1n) is 9.52. The van der Waals surface area contributed by atoms with Gasteiger partial charge in [0, 0.05) is 17.7 Å². The van der Waals surface area contributed by atoms with Gasteiger partial charge in [0.25, 0.3) is 5.91 Å². The Labute approximate surface area is 162 Å². The molecule has 0 unspecified atom stereocenters. The van der Waals surface area contributed by atoms with Crippen LogP contribution in [0.25, 0.3) is 0 Å². The molecular formula is C22H20N2O4. The maximum absolute atomic E-state index is 13.5. The number of rotatable bonds is 4. The van der Waals surface area contributed by atoms with Gasteiger partial charge in [-0.15, -0.1) is 0 Å². The van der Waals surface area contributed by atoms with Gasteiger partial charge in [-0.25, -0.2) is 0 Å². The highest BCUT2D eigenvalue weighted by Crippen LogP contribution is 2.34. The van der Waals surface area contributed by atoms with E-state index in [0.29, 0.717) is 18.0 Å². The number of amides is 1. The fourth-order valence-corrected chi connectivity index (χ4v) is 3.79. The molecule has 1 aliphatic carbocycles. The molecule has 1 aliphatic heterocycles. The van der Waals surface area contributed by atoms with E-state index in [9.17, 15) is 4.79 Å². The Hall–Kier alpha value is -3.28. The van der Waals surface area contributed by atoms with Gasteiger partial charge in [-0.05, 0) is 49.1 Å². The number of nitrogens with zero attached hydrogens (tertiary/aromatic N) is 2. The zero-order chi connectivity index (χ0) is 18.9. The van der Waals surface area contributed by atoms with Crippen molar-refractivity contribution < 1.29 is 18.8 Å². The Kier molecular flexibility index (Phi) is 4.24. The normalized spacial score (nSPS) is 14.6. The van der Waals surface area contributed by atoms with Crippen molar-refractivity contribution >= 4 is 11.6 Å². The summed E-state index contributed by atoms with van der Waals surface area (Å²) in [6.45, 7) is 0.631. The van der Waals surface area contributed by atoms with Gasteiger partial charge in [0.05, 0.1) is 6.54 Å². The molecule has 0 radical (unpaired) electrons. The van der Waals surface area contributed by atoms with Crippen molar-refractivity contribution in [2.45, 2.75) is 32.2 Å². The third-order valence-electron chi connectivity index (χ3n) is 5.24. The summed E-state index contributed by atoms with van der Waals surface area (Å²) in [6.07, 6.45) is 3.83. The Balaban J connectivity index is 1.50. The number of ether oxygens (including phenoxy) is 2. The first-order valence-corrected chi connectivity index (χ1v) is 9.52. The molecular weight excluding hydrogens is 356 g/mol. The number of carbonyl (C=O) groups excluding carboxylic acids is 1. The number of benzene rings is 2. The minimum Gasteiger partial charge on any atom is -0.454 e. The molecule has 2 heterocycles. The van der Waals surface area contributed by atoms with Gasteiger partial charge in [-0.3, -0.25) is 4.79 Å². The molecule has 3 aromatic rings. The van der Waals surface area contributed by atoms with E-state index in [1.165, 1.54) is 0 Å². The van der Waals surface area contributed by atoms with Crippen LogP contribution in [-0.4, -0.2) is 17.9 Å². The molecule has 28 heavy (non-hydrogen) atoms. The molecule has 2 aromatic carbocycles. The highest BCUT2D eigenvalue weighted by atomic mass is 16.7. The molecule has 6 nitrogen and oxygen atoms in total. The van der Waals surface area contributed by atoms with Gasteiger partial charge in [-0.2, -0.15) is 0 Å². The average Bonchev–Trinajstić information content (AvgIpc) is 3.38. The number of aromatic nitrogens is 1. The topological polar surface area (TPSA) is 64.8 Å². The lowest BCUT2D eigenvalue weighted by molar-refractivity contribution is 0.0975. The second kappa shape index (κ2) is 7.03. The highest BCUT2D eigenvalue weighted by molar-refractivity contribution is 6.05. The molecule has 6 heteroatoms. The van der Waals surface area contributed by atoms with Crippen molar-refractivity contribution in [2.75, 3.05) is 11.7 Å². The smallest absolute Gasteiger partial charge is 0.281 e. The van der Waals surface area contributed by atoms with Crippen molar-refractivity contribution in [3.05, 3.63) is 71.1 Å². The first kappa shape index (κ1) is 16.9. The maximum atomic E-state index is 13.5. The lowest BCUT2D eigenvalue weighted by atomic mass is 9.96. The van der Waals surface area contributed by atoms with E-state index in [2.05, 4.69) is 5.16 Å². The SMILES string of the molecule is O=C(c1noc2c1CCCC2)N(Cc1ccc2c(c1)OCO2)c1ccccc1. The number of anilines is 1. The number of hydrogen-bond donors (Lipinski definition) is 0. The molecule has 0 spiro atoms. The number of hydrogen-bond acceptors (Lipinski definition) is 5. The highest BCUT2D eigenvalue weighted by Gasteiger charge is 2.28. The van der Waals surface area contributed by atoms with Gasteiger partial charge in [0.15, 0.2) is 17.2 Å². The van der Waals surface area contributed by atoms with Crippen molar-refractivity contribution in [1.29, 1.82) is 0 Å². The van der Waals surface area contributed by atoms with Crippen molar-refractivity contribution in [2.24, 2.45) is 0 Å². The molecule has 142 valence electrons. The summed E-state index contributed by atoms with van der Waals surface area (Å²) in [5.41, 5.74) is 3.17. The van der Waals surface area contributed by atoms with Crippen LogP contribution < -0.4 is 14.4 Å². The first-order chi connectivity index (χ1) is 13.8. The standard InChI is InChI=1S/C22H20N2O4/c25-22(21-17-8-4-5-9-18(17)28-23-21)24(16-6-2-1-3-7-16)13-15-10-11-19-20(12-15)27-14-26-19/h1-3,6-7,10-12H,4-5,8-9,13-14H2. The second-order valence-electron chi connectivity index (χ2n) is 7.05. The third-order valence-corrected chi connectivity index (χ3v) is 5.24. The van der Waals surface area contributed by atoms with E-state index in [4.69, 9.17) is 14.0 Å². The molecule has 0 saturated heterocycles. The number of fused-ring (bicyclic) bond motifs is 2. The van der Waals surface area contributed by atoms with Crippen molar-refractivity contribution in [3.8, 4) is 11.5 Å². The molecule has 5 rings (SSSR count). The van der Waals surface area contributed by atoms with E-state index in [-0.39, 0.29) is 12.7 Å². The zero-order valence-electron chi connectivity index (χ0n) is 15.4. The van der Waals surface area contributed by atoms with Crippen LogP contribution in [0.2, 0.25) is 0 Å². The summed E-state index contributed by atoms with van der Waals surface area (Å²) in [5, 5.41) is 4.13. The predicted molar refractivity (Wildman–Crippen MR) is 103 cm³/mol. The van der Waals surface area contributed by atoms with E-state index in [1.807, 2.05) is 48.5 Å². The van der Waals surface area contributed by atoms with Crippen LogP contribution in [0.15, 0.2) is 53.1 Å². The molecule has 0 bridgehead atoms. The fourth-order valence-electron chi connectivity index (χ4n) is 3.79. The Morgan fingerprint density at radius 2 is 1.82 bits per heavy atom. The van der Waals surface area contributed by atoms with Crippen LogP contribution in [0, 0.1) is 0 Å². The van der Waals surface area contributed by atoms with Gasteiger partial charge in [0.1, 0.15) is 5.76 Å². The van der Waals surface area contributed by atoms with Crippen molar-refractivity contribution in [3.63, 3.8) is 0 Å². The van der Waals surface area contributed by atoms with Crippen LogP contribution in [0.3, 0.4) is 0 Å². The molecule has 0 atom stereocenters. The molecule has 2 aliphatic rings. The van der Waals surface area contributed by atoms with Crippen LogP contribution in [0.1, 0.15) is 40.2 Å². The number of carbonyl (C=O) groups is 1. The average molecular weight is 376 g/mol. The van der Waals surface area contributed by atoms with Gasteiger partial charge in [0.2, 0.25) is 6.79 Å². The lowest BCUT2D eigenvalue weighted by Crippen LogP contribution is -2.31. The summed E-state index contributed by atoms with van der Waals surface area (Å²) in [5.74, 6) is 2.14. The van der Waals surface area contributed by atoms with Crippen molar-refractivity contribution in [1.82, 2.24) is 5.16 Å². The number of para-hydroxylation sites is 1. The van der Waals surface area contributed by atoms with Crippen LogP contribution >= 0.6 is 0 Å². The van der Waals surface area contributed by atoms with Crippen LogP contribution in [-0.2, 0) is 19.4 Å². The third kappa shape index (κ3) is 3.01. The zero-order valence-corrected chi connectivity index (χ0v) is 15.4. The minimum absolute atomic E-state index is 0.143. The Morgan fingerprint density at radius 1 is 1.00 bits per heavy atom. The maximum Gasteiger partial charge on any atom is 0.281 e.